The van der Waals surface area contributed by atoms with Crippen LogP contribution in [0.5, 0.6) is 5.75 Å². The molecule has 1 aliphatic heterocycles. The summed E-state index contributed by atoms with van der Waals surface area (Å²) in [4.78, 5) is 11.2. The minimum absolute atomic E-state index is 0.281. The third kappa shape index (κ3) is 4.67. The van der Waals surface area contributed by atoms with E-state index in [0.29, 0.717) is 5.56 Å². The maximum absolute atomic E-state index is 12.2. The van der Waals surface area contributed by atoms with Crippen LogP contribution in [0.25, 0.3) is 0 Å². The molecule has 1 atom stereocenters. The molecule has 1 saturated heterocycles. The summed E-state index contributed by atoms with van der Waals surface area (Å²) in [5, 5.41) is 9.19. The molecule has 1 aromatic rings. The zero-order valence-electron chi connectivity index (χ0n) is 14.4. The van der Waals surface area contributed by atoms with Crippen molar-refractivity contribution in [3.63, 3.8) is 0 Å². The minimum atomic E-state index is -4.78. The summed E-state index contributed by atoms with van der Waals surface area (Å²) in [5.41, 5.74) is -0.794. The van der Waals surface area contributed by atoms with Gasteiger partial charge in [-0.25, -0.2) is 0 Å². The Labute approximate surface area is 144 Å². The predicted molar refractivity (Wildman–Crippen MR) is 84.2 cm³/mol. The number of halogens is 3. The highest BCUT2D eigenvalue weighted by molar-refractivity contribution is 6.48. The monoisotopic (exact) mass is 360 g/mol. The van der Waals surface area contributed by atoms with Crippen LogP contribution in [0.15, 0.2) is 24.3 Å². The Morgan fingerprint density at radius 1 is 1.16 bits per heavy atom. The van der Waals surface area contributed by atoms with Gasteiger partial charge in [-0.2, -0.15) is 0 Å². The number of aliphatic carboxylic acids is 1. The van der Waals surface area contributed by atoms with E-state index in [9.17, 15) is 23.1 Å². The lowest BCUT2D eigenvalue weighted by atomic mass is 9.66. The van der Waals surface area contributed by atoms with Crippen LogP contribution in [0.1, 0.15) is 45.5 Å². The van der Waals surface area contributed by atoms with E-state index in [2.05, 4.69) is 4.74 Å². The first-order valence-electron chi connectivity index (χ1n) is 7.74. The zero-order valence-corrected chi connectivity index (χ0v) is 14.4. The molecule has 5 nitrogen and oxygen atoms in total. The van der Waals surface area contributed by atoms with E-state index < -0.39 is 36.5 Å². The largest absolute Gasteiger partial charge is 0.573 e. The van der Waals surface area contributed by atoms with Crippen molar-refractivity contribution >= 4 is 13.1 Å². The van der Waals surface area contributed by atoms with Gasteiger partial charge in [0.15, 0.2) is 0 Å². The second-order valence-corrected chi connectivity index (χ2v) is 6.95. The summed E-state index contributed by atoms with van der Waals surface area (Å²) in [5.74, 6) is -2.10. The first-order chi connectivity index (χ1) is 11.3. The van der Waals surface area contributed by atoms with Crippen molar-refractivity contribution in [2.45, 2.75) is 57.5 Å². The average Bonchev–Trinajstić information content (AvgIpc) is 2.64. The van der Waals surface area contributed by atoms with Gasteiger partial charge in [0, 0.05) is 5.82 Å². The van der Waals surface area contributed by atoms with Crippen LogP contribution >= 0.6 is 0 Å². The Kier molecular flexibility index (Phi) is 5.12. The Morgan fingerprint density at radius 2 is 1.64 bits per heavy atom. The minimum Gasteiger partial charge on any atom is -0.481 e. The van der Waals surface area contributed by atoms with E-state index >= 15 is 0 Å². The molecule has 0 aromatic heterocycles. The van der Waals surface area contributed by atoms with Gasteiger partial charge in [0.05, 0.1) is 17.6 Å². The lowest BCUT2D eigenvalue weighted by molar-refractivity contribution is -0.274. The molecular weight excluding hydrogens is 340 g/mol. The molecule has 0 radical (unpaired) electrons. The standard InChI is InChI=1S/C16H20BF3O5/c1-14(2)15(3,4)25-17(24-14)12(9-13(21)22)10-5-7-11(8-6-10)23-16(18,19)20/h5-8,12H,9H2,1-4H3,(H,21,22). The van der Waals surface area contributed by atoms with Crippen LogP contribution in [0.2, 0.25) is 0 Å². The fourth-order valence-electron chi connectivity index (χ4n) is 2.53. The summed E-state index contributed by atoms with van der Waals surface area (Å²) < 4.78 is 52.4. The van der Waals surface area contributed by atoms with Gasteiger partial charge in [0.2, 0.25) is 0 Å². The quantitative estimate of drug-likeness (QED) is 0.810. The summed E-state index contributed by atoms with van der Waals surface area (Å²) in [6.45, 7) is 7.35. The molecule has 1 aliphatic rings. The number of benzene rings is 1. The SMILES string of the molecule is CC1(C)OB(C(CC(=O)O)c2ccc(OC(F)(F)F)cc2)OC1(C)C. The number of carboxylic acid groups (broad SMARTS) is 1. The number of ether oxygens (including phenoxy) is 1. The van der Waals surface area contributed by atoms with Crippen molar-refractivity contribution in [2.24, 2.45) is 0 Å². The predicted octanol–water partition coefficient (Wildman–Crippen LogP) is 3.77. The van der Waals surface area contributed by atoms with Gasteiger partial charge in [-0.15, -0.1) is 13.2 Å². The molecule has 25 heavy (non-hydrogen) atoms. The highest BCUT2D eigenvalue weighted by atomic mass is 19.4. The fourth-order valence-corrected chi connectivity index (χ4v) is 2.53. The highest BCUT2D eigenvalue weighted by Gasteiger charge is 2.54. The summed E-state index contributed by atoms with van der Waals surface area (Å²) >= 11 is 0. The summed E-state index contributed by atoms with van der Waals surface area (Å²) in [6.07, 6.45) is -5.07. The Hall–Kier alpha value is -1.74. The van der Waals surface area contributed by atoms with E-state index in [0.717, 1.165) is 12.1 Å². The van der Waals surface area contributed by atoms with Gasteiger partial charge in [-0.05, 0) is 45.4 Å². The maximum atomic E-state index is 12.2. The molecule has 1 unspecified atom stereocenters. The molecule has 0 bridgehead atoms. The number of carboxylic acids is 1. The second kappa shape index (κ2) is 6.53. The number of alkyl halides is 3. The van der Waals surface area contributed by atoms with Crippen LogP contribution in [0, 0.1) is 0 Å². The van der Waals surface area contributed by atoms with Crippen molar-refractivity contribution in [3.8, 4) is 5.75 Å². The van der Waals surface area contributed by atoms with Crippen molar-refractivity contribution in [2.75, 3.05) is 0 Å². The van der Waals surface area contributed by atoms with Gasteiger partial charge >= 0.3 is 19.5 Å². The normalized spacial score (nSPS) is 20.4. The number of rotatable bonds is 5. The Balaban J connectivity index is 2.25. The maximum Gasteiger partial charge on any atom is 0.573 e. The first kappa shape index (κ1) is 19.6. The van der Waals surface area contributed by atoms with Gasteiger partial charge in [-0.3, -0.25) is 4.79 Å². The number of carbonyl (C=O) groups is 1. The molecule has 0 aliphatic carbocycles. The van der Waals surface area contributed by atoms with E-state index in [1.807, 2.05) is 27.7 Å². The van der Waals surface area contributed by atoms with Crippen LogP contribution in [0.3, 0.4) is 0 Å². The average molecular weight is 360 g/mol. The van der Waals surface area contributed by atoms with E-state index in [-0.39, 0.29) is 12.2 Å². The molecule has 1 aromatic carbocycles. The van der Waals surface area contributed by atoms with Crippen molar-refractivity contribution in [3.05, 3.63) is 29.8 Å². The topological polar surface area (TPSA) is 65.0 Å². The van der Waals surface area contributed by atoms with E-state index in [1.165, 1.54) is 12.1 Å². The molecule has 2 rings (SSSR count). The highest BCUT2D eigenvalue weighted by Crippen LogP contribution is 2.42. The molecule has 9 heteroatoms. The van der Waals surface area contributed by atoms with Crippen LogP contribution < -0.4 is 4.74 Å². The molecule has 0 saturated carbocycles. The second-order valence-electron chi connectivity index (χ2n) is 6.95. The van der Waals surface area contributed by atoms with Crippen LogP contribution in [0.4, 0.5) is 13.2 Å². The Morgan fingerprint density at radius 3 is 2.04 bits per heavy atom. The number of hydrogen-bond donors (Lipinski definition) is 1. The molecule has 1 heterocycles. The summed E-state index contributed by atoms with van der Waals surface area (Å²) in [7, 11) is -0.824. The van der Waals surface area contributed by atoms with Gasteiger partial charge in [0.25, 0.3) is 0 Å². The van der Waals surface area contributed by atoms with Crippen LogP contribution in [-0.4, -0.2) is 35.8 Å². The van der Waals surface area contributed by atoms with Crippen molar-refractivity contribution in [1.29, 1.82) is 0 Å². The smallest absolute Gasteiger partial charge is 0.481 e. The molecule has 138 valence electrons. The molecular formula is C16H20BF3O5. The summed E-state index contributed by atoms with van der Waals surface area (Å²) in [6, 6.07) is 5.06. The van der Waals surface area contributed by atoms with E-state index in [1.54, 1.807) is 0 Å². The molecule has 0 amide bonds. The third-order valence-corrected chi connectivity index (χ3v) is 4.54. The van der Waals surface area contributed by atoms with Gasteiger partial charge in [0.1, 0.15) is 5.75 Å². The van der Waals surface area contributed by atoms with Gasteiger partial charge < -0.3 is 19.2 Å². The molecule has 0 spiro atoms. The van der Waals surface area contributed by atoms with E-state index in [4.69, 9.17) is 9.31 Å². The van der Waals surface area contributed by atoms with Crippen LogP contribution in [-0.2, 0) is 14.1 Å². The van der Waals surface area contributed by atoms with Crippen molar-refractivity contribution < 1.29 is 37.1 Å². The fraction of sp³-hybridized carbons (Fsp3) is 0.562. The molecule has 1 fully saturated rings. The lowest BCUT2D eigenvalue weighted by Gasteiger charge is -2.32. The van der Waals surface area contributed by atoms with Gasteiger partial charge in [-0.1, -0.05) is 12.1 Å². The molecule has 1 N–H and O–H groups in total. The lowest BCUT2D eigenvalue weighted by Crippen LogP contribution is -2.41. The first-order valence-corrected chi connectivity index (χ1v) is 7.74. The number of hydrogen-bond acceptors (Lipinski definition) is 4. The third-order valence-electron chi connectivity index (χ3n) is 4.54. The Bertz CT molecular complexity index is 612. The zero-order chi connectivity index (χ0) is 19.0. The van der Waals surface area contributed by atoms with Crippen molar-refractivity contribution in [1.82, 2.24) is 0 Å².